The van der Waals surface area contributed by atoms with Crippen LogP contribution in [0.15, 0.2) is 0 Å². The fraction of sp³-hybridized carbons (Fsp3) is 0.815. The van der Waals surface area contributed by atoms with Gasteiger partial charge in [0.05, 0.1) is 18.4 Å². The van der Waals surface area contributed by atoms with Gasteiger partial charge < -0.3 is 19.3 Å². The zero-order chi connectivity index (χ0) is 28.3. The van der Waals surface area contributed by atoms with Crippen LogP contribution in [0, 0.1) is 17.3 Å². The van der Waals surface area contributed by atoms with Crippen LogP contribution in [0.3, 0.4) is 0 Å². The lowest BCUT2D eigenvalue weighted by atomic mass is 9.92. The number of carbonyl (C=O) groups is 3. The van der Waals surface area contributed by atoms with Crippen molar-refractivity contribution in [2.24, 2.45) is 5.41 Å². The summed E-state index contributed by atoms with van der Waals surface area (Å²) < 4.78 is 47.0. The molecule has 1 rings (SSSR count). The Kier molecular flexibility index (Phi) is 16.9. The molecule has 0 saturated carbocycles. The van der Waals surface area contributed by atoms with Gasteiger partial charge in [-0.05, 0) is 19.3 Å². The highest BCUT2D eigenvalue weighted by Crippen LogP contribution is 2.23. The zero-order valence-electron chi connectivity index (χ0n) is 22.6. The molecule has 1 aliphatic heterocycles. The standard InChI is InChI=1S/C27H44O10S/c1-2-3-4-5-6-7-8-9-10-11-12-13-14-15-16-17-24(29)35-20-27(19-28)21-36-25(30)18-23(38(32,33)34)26(31)37-22-27/h23,28H,2-8,11-22H2,1H3,(H,32,33,34). The van der Waals surface area contributed by atoms with E-state index in [1.165, 1.54) is 38.5 Å². The van der Waals surface area contributed by atoms with Gasteiger partial charge in [0.15, 0.2) is 5.25 Å². The molecule has 0 aliphatic carbocycles. The second-order valence-corrected chi connectivity index (χ2v) is 11.5. The van der Waals surface area contributed by atoms with Gasteiger partial charge in [-0.15, -0.1) is 11.8 Å². The Morgan fingerprint density at radius 2 is 1.50 bits per heavy atom. The smallest absolute Gasteiger partial charge is 0.327 e. The first-order valence-electron chi connectivity index (χ1n) is 13.6. The van der Waals surface area contributed by atoms with E-state index in [9.17, 15) is 32.5 Å². The van der Waals surface area contributed by atoms with Crippen molar-refractivity contribution in [3.63, 3.8) is 0 Å². The number of ether oxygens (including phenoxy) is 3. The molecule has 0 aromatic rings. The van der Waals surface area contributed by atoms with Crippen molar-refractivity contribution in [1.29, 1.82) is 0 Å². The summed E-state index contributed by atoms with van der Waals surface area (Å²) in [4.78, 5) is 36.1. The molecule has 0 aromatic carbocycles. The molecule has 0 bridgehead atoms. The Hall–Kier alpha value is -2.16. The van der Waals surface area contributed by atoms with Crippen LogP contribution in [0.2, 0.25) is 0 Å². The van der Waals surface area contributed by atoms with E-state index < -0.39 is 71.5 Å². The Bertz CT molecular complexity index is 889. The van der Waals surface area contributed by atoms with Gasteiger partial charge in [-0.25, -0.2) is 0 Å². The third kappa shape index (κ3) is 14.7. The highest BCUT2D eigenvalue weighted by atomic mass is 32.2. The summed E-state index contributed by atoms with van der Waals surface area (Å²) in [6.45, 7) is 0.157. The molecule has 2 unspecified atom stereocenters. The molecule has 1 fully saturated rings. The van der Waals surface area contributed by atoms with Gasteiger partial charge >= 0.3 is 17.9 Å². The van der Waals surface area contributed by atoms with Crippen LogP contribution in [0.1, 0.15) is 103 Å². The van der Waals surface area contributed by atoms with Crippen LogP contribution in [-0.2, 0) is 38.7 Å². The summed E-state index contributed by atoms with van der Waals surface area (Å²) in [7, 11) is -4.89. The molecular formula is C27H44O10S. The van der Waals surface area contributed by atoms with E-state index in [0.29, 0.717) is 6.42 Å². The summed E-state index contributed by atoms with van der Waals surface area (Å²) in [5.41, 5.74) is -1.44. The van der Waals surface area contributed by atoms with Crippen LogP contribution < -0.4 is 0 Å². The van der Waals surface area contributed by atoms with Gasteiger partial charge in [0.2, 0.25) is 0 Å². The quantitative estimate of drug-likeness (QED) is 0.0884. The van der Waals surface area contributed by atoms with Gasteiger partial charge in [0.25, 0.3) is 10.1 Å². The van der Waals surface area contributed by atoms with Gasteiger partial charge in [0.1, 0.15) is 19.8 Å². The largest absolute Gasteiger partial charge is 0.465 e. The third-order valence-electron chi connectivity index (χ3n) is 6.37. The zero-order valence-corrected chi connectivity index (χ0v) is 23.4. The molecule has 0 amide bonds. The lowest BCUT2D eigenvalue weighted by molar-refractivity contribution is -0.161. The number of hydrogen-bond acceptors (Lipinski definition) is 9. The first-order chi connectivity index (χ1) is 18.1. The lowest BCUT2D eigenvalue weighted by Gasteiger charge is -2.29. The van der Waals surface area contributed by atoms with Crippen molar-refractivity contribution in [3.8, 4) is 11.8 Å². The molecule has 0 aromatic heterocycles. The molecule has 0 radical (unpaired) electrons. The first-order valence-corrected chi connectivity index (χ1v) is 15.1. The maximum atomic E-state index is 12.2. The highest BCUT2D eigenvalue weighted by Gasteiger charge is 2.42. The van der Waals surface area contributed by atoms with Gasteiger partial charge in [0, 0.05) is 19.3 Å². The summed E-state index contributed by atoms with van der Waals surface area (Å²) in [6, 6.07) is 0. The Morgan fingerprint density at radius 3 is 2.08 bits per heavy atom. The normalized spacial score (nSPS) is 20.2. The number of rotatable bonds is 17. The number of carbonyl (C=O) groups excluding carboxylic acids is 3. The Balaban J connectivity index is 2.25. The molecule has 11 heteroatoms. The molecule has 1 saturated heterocycles. The maximum Gasteiger partial charge on any atom is 0.327 e. The Morgan fingerprint density at radius 1 is 0.947 bits per heavy atom. The summed E-state index contributed by atoms with van der Waals surface area (Å²) in [5, 5.41) is 7.71. The van der Waals surface area contributed by atoms with Gasteiger partial charge in [-0.1, -0.05) is 58.3 Å². The van der Waals surface area contributed by atoms with Crippen molar-refractivity contribution in [1.82, 2.24) is 0 Å². The summed E-state index contributed by atoms with van der Waals surface area (Å²) in [6.07, 6.45) is 13.3. The van der Waals surface area contributed by atoms with E-state index in [1.807, 2.05) is 0 Å². The number of aliphatic hydroxyl groups excluding tert-OH is 1. The first kappa shape index (κ1) is 33.9. The average molecular weight is 561 g/mol. The maximum absolute atomic E-state index is 12.2. The molecule has 10 nitrogen and oxygen atoms in total. The van der Waals surface area contributed by atoms with E-state index in [4.69, 9.17) is 14.2 Å². The van der Waals surface area contributed by atoms with Crippen molar-refractivity contribution < 1.29 is 46.7 Å². The summed E-state index contributed by atoms with van der Waals surface area (Å²) in [5.74, 6) is 3.55. The number of esters is 3. The van der Waals surface area contributed by atoms with Crippen molar-refractivity contribution >= 4 is 28.0 Å². The second kappa shape index (κ2) is 19.0. The van der Waals surface area contributed by atoms with Gasteiger partial charge in [-0.3, -0.25) is 18.9 Å². The van der Waals surface area contributed by atoms with E-state index >= 15 is 0 Å². The topological polar surface area (TPSA) is 154 Å². The van der Waals surface area contributed by atoms with E-state index in [0.717, 1.165) is 38.5 Å². The number of unbranched alkanes of at least 4 members (excludes halogenated alkanes) is 11. The molecule has 1 heterocycles. The minimum absolute atomic E-state index is 0.171. The molecule has 2 atom stereocenters. The molecule has 38 heavy (non-hydrogen) atoms. The fourth-order valence-electron chi connectivity index (χ4n) is 3.82. The fourth-order valence-corrected chi connectivity index (χ4v) is 4.48. The number of aliphatic hydroxyl groups is 1. The van der Waals surface area contributed by atoms with Crippen LogP contribution >= 0.6 is 0 Å². The monoisotopic (exact) mass is 560 g/mol. The molecule has 218 valence electrons. The lowest BCUT2D eigenvalue weighted by Crippen LogP contribution is -2.42. The van der Waals surface area contributed by atoms with Crippen LogP contribution in [-0.4, -0.2) is 67.7 Å². The van der Waals surface area contributed by atoms with Crippen LogP contribution in [0.5, 0.6) is 0 Å². The minimum Gasteiger partial charge on any atom is -0.465 e. The minimum atomic E-state index is -4.89. The second-order valence-electron chi connectivity index (χ2n) is 9.93. The van der Waals surface area contributed by atoms with Crippen LogP contribution in [0.25, 0.3) is 0 Å². The average Bonchev–Trinajstić information content (AvgIpc) is 2.94. The SMILES string of the molecule is CCCCCCCCC#CCCCCCCCC(=O)OCC1(CO)COC(=O)CC(S(=O)(=O)O)C(=O)OC1. The molecule has 2 N–H and O–H groups in total. The van der Waals surface area contributed by atoms with Crippen molar-refractivity contribution in [3.05, 3.63) is 0 Å². The predicted molar refractivity (Wildman–Crippen MR) is 140 cm³/mol. The molecular weight excluding hydrogens is 516 g/mol. The van der Waals surface area contributed by atoms with Crippen molar-refractivity contribution in [2.45, 2.75) is 108 Å². The van der Waals surface area contributed by atoms with E-state index in [2.05, 4.69) is 18.8 Å². The Labute approximate surface area is 226 Å². The number of hydrogen-bond donors (Lipinski definition) is 2. The van der Waals surface area contributed by atoms with Crippen molar-refractivity contribution in [2.75, 3.05) is 26.4 Å². The van der Waals surface area contributed by atoms with E-state index in [1.54, 1.807) is 0 Å². The van der Waals surface area contributed by atoms with Crippen LogP contribution in [0.4, 0.5) is 0 Å². The molecule has 0 spiro atoms. The molecule has 1 aliphatic rings. The highest BCUT2D eigenvalue weighted by molar-refractivity contribution is 7.87. The summed E-state index contributed by atoms with van der Waals surface area (Å²) >= 11 is 0. The van der Waals surface area contributed by atoms with E-state index in [-0.39, 0.29) is 6.42 Å². The predicted octanol–water partition coefficient (Wildman–Crippen LogP) is 3.74. The third-order valence-corrected chi connectivity index (χ3v) is 7.45. The number of cyclic esters (lactones) is 2. The van der Waals surface area contributed by atoms with Gasteiger partial charge in [-0.2, -0.15) is 8.42 Å².